The second kappa shape index (κ2) is 24.4. The van der Waals surface area contributed by atoms with Crippen molar-refractivity contribution in [3.8, 4) is 17.2 Å². The Labute approximate surface area is 469 Å². The Hall–Kier alpha value is -4.19. The van der Waals surface area contributed by atoms with Crippen LogP contribution in [0.5, 0.6) is 17.2 Å². The van der Waals surface area contributed by atoms with E-state index in [2.05, 4.69) is 0 Å². The molecule has 9 N–H and O–H groups in total. The minimum Gasteiger partial charge on any atom is -0.507 e. The molecule has 0 amide bonds. The number of aromatic hydroxyl groups is 2. The zero-order chi connectivity index (χ0) is 58.8. The van der Waals surface area contributed by atoms with Gasteiger partial charge in [-0.3, -0.25) is 9.59 Å². The van der Waals surface area contributed by atoms with E-state index in [1.165, 1.54) is 45.9 Å². The minimum absolute atomic E-state index is 0.00320. The Morgan fingerprint density at radius 2 is 1.27 bits per heavy atom. The molecule has 6 fully saturated rings. The van der Waals surface area contributed by atoms with E-state index in [0.29, 0.717) is 0 Å². The molecule has 5 saturated heterocycles. The summed E-state index contributed by atoms with van der Waals surface area (Å²) < 4.78 is 72.3. The molecule has 0 radical (unpaired) electrons. The fraction of sp³-hybridized carbons (Fsp3) is 0.737. The van der Waals surface area contributed by atoms with Crippen LogP contribution in [0.15, 0.2) is 24.5 Å². The van der Waals surface area contributed by atoms with Crippen LogP contribution in [-0.2, 0) is 63.3 Å². The molecule has 0 bridgehead atoms. The number of benzene rings is 2. The zero-order valence-corrected chi connectivity index (χ0v) is 47.1. The lowest BCUT2D eigenvalue weighted by molar-refractivity contribution is -0.313. The first-order chi connectivity index (χ1) is 38.2. The highest BCUT2D eigenvalue weighted by Gasteiger charge is 2.60. The summed E-state index contributed by atoms with van der Waals surface area (Å²) in [6.45, 7) is 16.0. The van der Waals surface area contributed by atoms with Crippen molar-refractivity contribution in [2.24, 2.45) is 23.7 Å². The van der Waals surface area contributed by atoms with Crippen LogP contribution < -0.4 is 4.74 Å². The highest BCUT2D eigenvalue weighted by atomic mass is 16.8. The highest BCUT2D eigenvalue weighted by Crippen LogP contribution is 2.52. The molecule has 26 unspecified atom stereocenters. The van der Waals surface area contributed by atoms with Gasteiger partial charge in [-0.25, -0.2) is 4.79 Å². The van der Waals surface area contributed by atoms with Crippen molar-refractivity contribution < 1.29 is 117 Å². The molecular formula is C57H80O24. The van der Waals surface area contributed by atoms with Gasteiger partial charge in [-0.15, -0.1) is 0 Å². The number of phenols is 2. The Balaban J connectivity index is 0.932. The molecule has 24 heteroatoms. The Morgan fingerprint density at radius 1 is 0.728 bits per heavy atom. The van der Waals surface area contributed by atoms with Gasteiger partial charge in [0.1, 0.15) is 60.0 Å². The second-order valence-corrected chi connectivity index (χ2v) is 23.5. The van der Waals surface area contributed by atoms with Crippen molar-refractivity contribution in [3.63, 3.8) is 0 Å². The molecule has 5 heterocycles. The molecule has 26 atom stereocenters. The fourth-order valence-electron chi connectivity index (χ4n) is 12.3. The van der Waals surface area contributed by atoms with Gasteiger partial charge in [-0.1, -0.05) is 19.9 Å². The largest absolute Gasteiger partial charge is 0.513 e. The maximum Gasteiger partial charge on any atom is 0.513 e. The van der Waals surface area contributed by atoms with E-state index < -0.39 is 170 Å². The van der Waals surface area contributed by atoms with Crippen LogP contribution in [0.25, 0.3) is 10.8 Å². The fourth-order valence-corrected chi connectivity index (χ4v) is 12.3. The van der Waals surface area contributed by atoms with E-state index in [-0.39, 0.29) is 89.7 Å². The van der Waals surface area contributed by atoms with Crippen molar-refractivity contribution in [2.45, 2.75) is 242 Å². The lowest BCUT2D eigenvalue weighted by atomic mass is 9.74. The van der Waals surface area contributed by atoms with Crippen molar-refractivity contribution in [3.05, 3.63) is 41.2 Å². The maximum absolute atomic E-state index is 15.0. The summed E-state index contributed by atoms with van der Waals surface area (Å²) >= 11 is 0. The summed E-state index contributed by atoms with van der Waals surface area (Å²) in [7, 11) is 0. The second-order valence-electron chi connectivity index (χ2n) is 23.5. The predicted molar refractivity (Wildman–Crippen MR) is 278 cm³/mol. The van der Waals surface area contributed by atoms with Crippen molar-refractivity contribution in [1.29, 1.82) is 0 Å². The summed E-state index contributed by atoms with van der Waals surface area (Å²) in [6, 6.07) is 3.02. The average molecular weight is 1150 g/mol. The van der Waals surface area contributed by atoms with Crippen LogP contribution in [-0.4, -0.2) is 198 Å². The van der Waals surface area contributed by atoms with Gasteiger partial charge in [0.25, 0.3) is 0 Å². The van der Waals surface area contributed by atoms with Gasteiger partial charge in [0.05, 0.1) is 83.7 Å². The smallest absolute Gasteiger partial charge is 0.507 e. The number of allylic oxidation sites excluding steroid dienone is 1. The van der Waals surface area contributed by atoms with Crippen LogP contribution in [0.1, 0.15) is 116 Å². The predicted octanol–water partition coefficient (Wildman–Crippen LogP) is 2.95. The molecule has 24 nitrogen and oxygen atoms in total. The van der Waals surface area contributed by atoms with E-state index in [9.17, 15) is 60.3 Å². The molecule has 9 rings (SSSR count). The van der Waals surface area contributed by atoms with E-state index >= 15 is 0 Å². The number of aliphatic hydroxyl groups is 7. The minimum atomic E-state index is -1.77. The normalized spacial score (nSPS) is 41.9. The standard InChI is InChI=1S/C57H80O24/c1-11-12-70-56(68)79-36-19-38(72-27(8)49(36)63)77-34-17-37(71-25(6)47(34)61)75-32-15-30-13-29-14-31(50(64)46(60)21(2)24(5)58)54(52(66)44(29)51(65)43(30)45(59)22(32)3)81-39-18-35(48(62)26(7)73-39)78-40-16-33(42-23(4)53(42)80-40)76-41-20-57(10,69)55(67)28(9)74-41/h11-13,15,21,23-28,31,33-42,46-49,53-55,58-63,65,67,69H,14,16-20H2,1-10H3. The van der Waals surface area contributed by atoms with Gasteiger partial charge >= 0.3 is 6.16 Å². The number of phenolic OH excluding ortho intramolecular Hbond substituents is 2. The number of carbonyl (C=O) groups excluding carboxylic acids is 3. The molecule has 0 spiro atoms. The van der Waals surface area contributed by atoms with E-state index in [4.69, 9.17) is 56.8 Å². The third kappa shape index (κ3) is 12.6. The van der Waals surface area contributed by atoms with Crippen LogP contribution in [0.4, 0.5) is 4.79 Å². The maximum atomic E-state index is 15.0. The molecule has 0 aromatic heterocycles. The van der Waals surface area contributed by atoms with E-state index in [1.54, 1.807) is 34.6 Å². The monoisotopic (exact) mass is 1150 g/mol. The number of ether oxygens (including phenoxy) is 12. The van der Waals surface area contributed by atoms with Crippen molar-refractivity contribution >= 4 is 28.5 Å². The Morgan fingerprint density at radius 3 is 1.89 bits per heavy atom. The molecule has 2 aromatic rings. The summed E-state index contributed by atoms with van der Waals surface area (Å²) in [5, 5.41) is 101. The van der Waals surface area contributed by atoms with Crippen LogP contribution >= 0.6 is 0 Å². The highest BCUT2D eigenvalue weighted by molar-refractivity contribution is 6.12. The van der Waals surface area contributed by atoms with E-state index in [1.807, 2.05) is 6.92 Å². The molecule has 452 valence electrons. The van der Waals surface area contributed by atoms with Crippen LogP contribution in [0, 0.1) is 30.6 Å². The molecule has 2 aromatic carbocycles. The van der Waals surface area contributed by atoms with Gasteiger partial charge < -0.3 is 103 Å². The van der Waals surface area contributed by atoms with Crippen molar-refractivity contribution in [2.75, 3.05) is 0 Å². The van der Waals surface area contributed by atoms with Crippen LogP contribution in [0.3, 0.4) is 0 Å². The number of ketones is 2. The summed E-state index contributed by atoms with van der Waals surface area (Å²) in [6.07, 6.45) is -20.3. The average Bonchev–Trinajstić information content (AvgIpc) is 4.06. The lowest BCUT2D eigenvalue weighted by Crippen LogP contribution is -2.56. The molecule has 7 aliphatic rings. The van der Waals surface area contributed by atoms with Gasteiger partial charge in [-0.05, 0) is 90.8 Å². The van der Waals surface area contributed by atoms with Gasteiger partial charge in [-0.2, -0.15) is 0 Å². The third-order valence-electron chi connectivity index (χ3n) is 17.5. The molecule has 5 aliphatic heterocycles. The number of rotatable bonds is 16. The van der Waals surface area contributed by atoms with Gasteiger partial charge in [0.2, 0.25) is 6.29 Å². The van der Waals surface area contributed by atoms with Gasteiger partial charge in [0, 0.05) is 49.5 Å². The quantitative estimate of drug-likeness (QED) is 0.0862. The number of carbonyl (C=O) groups is 3. The number of aliphatic hydroxyl groups excluding tert-OH is 6. The number of hydrogen-bond donors (Lipinski definition) is 9. The summed E-state index contributed by atoms with van der Waals surface area (Å²) in [4.78, 5) is 41.7. The van der Waals surface area contributed by atoms with Crippen LogP contribution in [0.2, 0.25) is 0 Å². The lowest BCUT2D eigenvalue weighted by Gasteiger charge is -2.44. The number of Topliss-reactive ketones (excluding diaryl/α,β-unsaturated/α-hetero) is 2. The number of fused-ring (bicyclic) bond motifs is 3. The van der Waals surface area contributed by atoms with Crippen molar-refractivity contribution in [1.82, 2.24) is 0 Å². The summed E-state index contributed by atoms with van der Waals surface area (Å²) in [5.41, 5.74) is -1.41. The zero-order valence-electron chi connectivity index (χ0n) is 47.1. The first-order valence-corrected chi connectivity index (χ1v) is 28.1. The molecular weight excluding hydrogens is 1070 g/mol. The molecule has 2 aliphatic carbocycles. The Kier molecular flexibility index (Phi) is 18.5. The molecule has 1 saturated carbocycles. The SMILES string of the molecule is CC=COC(=O)OC1CC(OC2CC(Oc3cc4cc5c(c(O)c4c(O)c3C)C(=O)C(OC3CC(OC4CC(OC6CC(C)(O)C(O)C(C)O6)C6C(C)C6O4)C(O)C(C)O3)C(C(=O)C(O)C(C)C(C)O)C5)OC(C)C2O)OC(C)C1O. The number of hydrogen-bond acceptors (Lipinski definition) is 24. The third-order valence-corrected chi connectivity index (χ3v) is 17.5. The summed E-state index contributed by atoms with van der Waals surface area (Å²) in [5.74, 6) is -4.99. The van der Waals surface area contributed by atoms with Gasteiger partial charge in [0.15, 0.2) is 36.7 Å². The van der Waals surface area contributed by atoms with E-state index in [0.717, 1.165) is 6.26 Å². The first-order valence-electron chi connectivity index (χ1n) is 28.1. The topological polar surface area (TPSA) is 344 Å². The first kappa shape index (κ1) is 61.4. The molecule has 81 heavy (non-hydrogen) atoms. The Bertz CT molecular complexity index is 2630.